The molecule has 0 bridgehead atoms. The molecule has 0 amide bonds. The predicted octanol–water partition coefficient (Wildman–Crippen LogP) is 1.40. The molecule has 0 fully saturated rings. The average Bonchev–Trinajstić information content (AvgIpc) is 2.19. The Hall–Kier alpha value is -1.79. The number of hydrogen-bond donors (Lipinski definition) is 1. The van der Waals surface area contributed by atoms with Crippen LogP contribution < -0.4 is 5.73 Å². The Kier molecular flexibility index (Phi) is 3.36. The zero-order valence-corrected chi connectivity index (χ0v) is 8.34. The number of nitrogens with two attached hydrogens (primary N) is 1. The molecule has 0 saturated heterocycles. The Bertz CT molecular complexity index is 404. The molecule has 0 aliphatic rings. The fourth-order valence-corrected chi connectivity index (χ4v) is 1.08. The van der Waals surface area contributed by atoms with E-state index in [1.54, 1.807) is 0 Å². The van der Waals surface area contributed by atoms with Crippen LogP contribution in [0.25, 0.3) is 0 Å². The van der Waals surface area contributed by atoms with Crippen LogP contribution in [0.3, 0.4) is 0 Å². The molecule has 0 unspecified atom stereocenters. The van der Waals surface area contributed by atoms with Crippen molar-refractivity contribution in [3.63, 3.8) is 0 Å². The normalized spacial score (nSPS) is 11.2. The van der Waals surface area contributed by atoms with Crippen LogP contribution in [0.2, 0.25) is 0 Å². The van der Waals surface area contributed by atoms with Crippen molar-refractivity contribution in [1.29, 1.82) is 0 Å². The van der Waals surface area contributed by atoms with E-state index >= 15 is 0 Å². The minimum atomic E-state index is -4.58. The first-order chi connectivity index (χ1) is 7.34. The fourth-order valence-electron chi connectivity index (χ4n) is 1.08. The van der Waals surface area contributed by atoms with E-state index in [4.69, 9.17) is 5.73 Å². The zero-order valence-electron chi connectivity index (χ0n) is 8.34. The summed E-state index contributed by atoms with van der Waals surface area (Å²) in [5, 5.41) is 0. The second-order valence-electron chi connectivity index (χ2n) is 3.03. The quantitative estimate of drug-likeness (QED) is 0.785. The summed E-state index contributed by atoms with van der Waals surface area (Å²) < 4.78 is 41.6. The Balaban J connectivity index is 3.03. The lowest BCUT2D eigenvalue weighted by atomic mass is 10.1. The third-order valence-corrected chi connectivity index (χ3v) is 1.86. The third-order valence-electron chi connectivity index (χ3n) is 1.86. The van der Waals surface area contributed by atoms with Crippen LogP contribution in [-0.4, -0.2) is 18.1 Å². The summed E-state index contributed by atoms with van der Waals surface area (Å²) in [5.74, 6) is -1.25. The number of carbonyl (C=O) groups excluding carboxylic acids is 1. The standard InChI is InChI=1S/C9H9F3N2O2/c1-16-7(15)3-5-2-6(9(10,11)12)8(13)14-4-5/h2,4H,3H2,1H3,(H2,13,14). The molecule has 0 spiro atoms. The van der Waals surface area contributed by atoms with Gasteiger partial charge in [0.25, 0.3) is 0 Å². The van der Waals surface area contributed by atoms with E-state index in [-0.39, 0.29) is 12.0 Å². The van der Waals surface area contributed by atoms with E-state index in [1.807, 2.05) is 0 Å². The second-order valence-corrected chi connectivity index (χ2v) is 3.03. The van der Waals surface area contributed by atoms with Crippen LogP contribution in [0.1, 0.15) is 11.1 Å². The molecule has 0 aliphatic heterocycles. The first kappa shape index (κ1) is 12.3. The highest BCUT2D eigenvalue weighted by Gasteiger charge is 2.34. The summed E-state index contributed by atoms with van der Waals surface area (Å²) in [6.07, 6.45) is -3.74. The number of nitrogens with zero attached hydrogens (tertiary/aromatic N) is 1. The maximum absolute atomic E-state index is 12.4. The third kappa shape index (κ3) is 2.85. The van der Waals surface area contributed by atoms with Gasteiger partial charge in [-0.2, -0.15) is 13.2 Å². The lowest BCUT2D eigenvalue weighted by Crippen LogP contribution is -2.12. The van der Waals surface area contributed by atoms with Crippen LogP contribution >= 0.6 is 0 Å². The largest absolute Gasteiger partial charge is 0.469 e. The number of pyridine rings is 1. The predicted molar refractivity (Wildman–Crippen MR) is 49.4 cm³/mol. The van der Waals surface area contributed by atoms with Crippen LogP contribution in [0.5, 0.6) is 0 Å². The van der Waals surface area contributed by atoms with Crippen molar-refractivity contribution in [1.82, 2.24) is 4.98 Å². The smallest absolute Gasteiger partial charge is 0.419 e. The number of nitrogen functional groups attached to an aromatic ring is 1. The van der Waals surface area contributed by atoms with Crippen molar-refractivity contribution >= 4 is 11.8 Å². The maximum Gasteiger partial charge on any atom is 0.419 e. The number of methoxy groups -OCH3 is 1. The van der Waals surface area contributed by atoms with Gasteiger partial charge in [-0.3, -0.25) is 4.79 Å². The lowest BCUT2D eigenvalue weighted by Gasteiger charge is -2.10. The van der Waals surface area contributed by atoms with E-state index in [0.717, 1.165) is 19.4 Å². The minimum Gasteiger partial charge on any atom is -0.469 e. The van der Waals surface area contributed by atoms with Crippen molar-refractivity contribution in [3.05, 3.63) is 23.4 Å². The van der Waals surface area contributed by atoms with Gasteiger partial charge in [0, 0.05) is 6.20 Å². The molecule has 0 radical (unpaired) electrons. The van der Waals surface area contributed by atoms with Gasteiger partial charge in [0.15, 0.2) is 0 Å². The molecule has 1 aromatic heterocycles. The molecular weight excluding hydrogens is 225 g/mol. The zero-order chi connectivity index (χ0) is 12.3. The number of carbonyl (C=O) groups is 1. The molecule has 1 aromatic rings. The highest BCUT2D eigenvalue weighted by atomic mass is 19.4. The van der Waals surface area contributed by atoms with Gasteiger partial charge >= 0.3 is 12.1 Å². The minimum absolute atomic E-state index is 0.105. The molecule has 4 nitrogen and oxygen atoms in total. The van der Waals surface area contributed by atoms with Gasteiger partial charge in [-0.25, -0.2) is 4.98 Å². The summed E-state index contributed by atoms with van der Waals surface area (Å²) in [6.45, 7) is 0. The number of esters is 1. The Morgan fingerprint density at radius 1 is 1.56 bits per heavy atom. The van der Waals surface area contributed by atoms with Gasteiger partial charge in [-0.15, -0.1) is 0 Å². The van der Waals surface area contributed by atoms with Gasteiger partial charge in [0.1, 0.15) is 5.82 Å². The molecule has 16 heavy (non-hydrogen) atoms. The lowest BCUT2D eigenvalue weighted by molar-refractivity contribution is -0.140. The molecule has 1 rings (SSSR count). The summed E-state index contributed by atoms with van der Waals surface area (Å²) >= 11 is 0. The molecule has 0 saturated carbocycles. The molecule has 1 heterocycles. The number of rotatable bonds is 2. The van der Waals surface area contributed by atoms with Crippen molar-refractivity contribution in [2.75, 3.05) is 12.8 Å². The highest BCUT2D eigenvalue weighted by Crippen LogP contribution is 2.32. The van der Waals surface area contributed by atoms with Gasteiger partial charge in [-0.05, 0) is 11.6 Å². The number of ether oxygens (including phenoxy) is 1. The maximum atomic E-state index is 12.4. The first-order valence-corrected chi connectivity index (χ1v) is 4.23. The first-order valence-electron chi connectivity index (χ1n) is 4.23. The van der Waals surface area contributed by atoms with Crippen LogP contribution in [0, 0.1) is 0 Å². The monoisotopic (exact) mass is 234 g/mol. The average molecular weight is 234 g/mol. The van der Waals surface area contributed by atoms with Crippen molar-refractivity contribution in [3.8, 4) is 0 Å². The van der Waals surface area contributed by atoms with Crippen LogP contribution in [-0.2, 0) is 22.1 Å². The number of aromatic nitrogens is 1. The molecule has 7 heteroatoms. The Morgan fingerprint density at radius 3 is 2.69 bits per heavy atom. The Labute approximate surface area is 89.2 Å². The van der Waals surface area contributed by atoms with E-state index in [2.05, 4.69) is 9.72 Å². The molecule has 0 atom stereocenters. The van der Waals surface area contributed by atoms with Gasteiger partial charge in [0.05, 0.1) is 19.1 Å². The van der Waals surface area contributed by atoms with Crippen LogP contribution in [0.4, 0.5) is 19.0 Å². The Morgan fingerprint density at radius 2 is 2.19 bits per heavy atom. The second kappa shape index (κ2) is 4.38. The van der Waals surface area contributed by atoms with Gasteiger partial charge in [0.2, 0.25) is 0 Å². The fraction of sp³-hybridized carbons (Fsp3) is 0.333. The summed E-state index contributed by atoms with van der Waals surface area (Å²) in [4.78, 5) is 14.2. The molecule has 0 aliphatic carbocycles. The SMILES string of the molecule is COC(=O)Cc1cnc(N)c(C(F)(F)F)c1. The highest BCUT2D eigenvalue weighted by molar-refractivity contribution is 5.72. The van der Waals surface area contributed by atoms with E-state index < -0.39 is 23.5 Å². The molecule has 88 valence electrons. The number of hydrogen-bond acceptors (Lipinski definition) is 4. The van der Waals surface area contributed by atoms with Gasteiger partial charge in [-0.1, -0.05) is 0 Å². The van der Waals surface area contributed by atoms with E-state index in [0.29, 0.717) is 0 Å². The number of anilines is 1. The van der Waals surface area contributed by atoms with Crippen molar-refractivity contribution in [2.45, 2.75) is 12.6 Å². The summed E-state index contributed by atoms with van der Waals surface area (Å²) in [7, 11) is 1.15. The van der Waals surface area contributed by atoms with Gasteiger partial charge < -0.3 is 10.5 Å². The van der Waals surface area contributed by atoms with Crippen molar-refractivity contribution in [2.24, 2.45) is 0 Å². The topological polar surface area (TPSA) is 65.2 Å². The summed E-state index contributed by atoms with van der Waals surface area (Å²) in [5.41, 5.74) is 4.15. The van der Waals surface area contributed by atoms with E-state index in [1.165, 1.54) is 0 Å². The number of alkyl halides is 3. The van der Waals surface area contributed by atoms with E-state index in [9.17, 15) is 18.0 Å². The van der Waals surface area contributed by atoms with Crippen molar-refractivity contribution < 1.29 is 22.7 Å². The molecule has 0 aromatic carbocycles. The number of halogens is 3. The van der Waals surface area contributed by atoms with Crippen LogP contribution in [0.15, 0.2) is 12.3 Å². The molecule has 2 N–H and O–H groups in total. The molecular formula is C9H9F3N2O2. The summed E-state index contributed by atoms with van der Waals surface area (Å²) in [6, 6.07) is 0.791.